The molecule has 0 aliphatic carbocycles. The highest BCUT2D eigenvalue weighted by molar-refractivity contribution is 5.87. The van der Waals surface area contributed by atoms with Crippen LogP contribution >= 0.6 is 0 Å². The van der Waals surface area contributed by atoms with E-state index in [0.717, 1.165) is 5.39 Å². The summed E-state index contributed by atoms with van der Waals surface area (Å²) in [6.07, 6.45) is 1.65. The van der Waals surface area contributed by atoms with Crippen molar-refractivity contribution in [2.45, 2.75) is 12.3 Å². The number of hydrogen-bond donors (Lipinski definition) is 2. The number of para-hydroxylation sites is 1. The quantitative estimate of drug-likeness (QED) is 0.826. The summed E-state index contributed by atoms with van der Waals surface area (Å²) in [6.45, 7) is -0.156. The average molecular weight is 220 g/mol. The summed E-state index contributed by atoms with van der Waals surface area (Å²) >= 11 is 0. The molecular formula is C12H12O4. The molecule has 0 radical (unpaired) electrons. The SMILES string of the molecule is O=C(O)C(CCO)c1coc2ccccc12. The van der Waals surface area contributed by atoms with Gasteiger partial charge in [-0.1, -0.05) is 18.2 Å². The fourth-order valence-corrected chi connectivity index (χ4v) is 1.81. The summed E-state index contributed by atoms with van der Waals surface area (Å²) in [5.74, 6) is -1.66. The van der Waals surface area contributed by atoms with E-state index in [0.29, 0.717) is 11.1 Å². The van der Waals surface area contributed by atoms with Crippen molar-refractivity contribution in [1.82, 2.24) is 0 Å². The maximum atomic E-state index is 11.1. The molecule has 4 nitrogen and oxygen atoms in total. The van der Waals surface area contributed by atoms with Gasteiger partial charge >= 0.3 is 5.97 Å². The minimum atomic E-state index is -0.944. The van der Waals surface area contributed by atoms with Crippen LogP contribution in [0.1, 0.15) is 17.9 Å². The zero-order valence-corrected chi connectivity index (χ0v) is 8.59. The van der Waals surface area contributed by atoms with E-state index in [1.807, 2.05) is 18.2 Å². The van der Waals surface area contributed by atoms with Gasteiger partial charge in [-0.3, -0.25) is 4.79 Å². The molecule has 2 aromatic rings. The van der Waals surface area contributed by atoms with Crippen LogP contribution in [-0.2, 0) is 4.79 Å². The highest BCUT2D eigenvalue weighted by atomic mass is 16.4. The lowest BCUT2D eigenvalue weighted by Crippen LogP contribution is -2.12. The summed E-state index contributed by atoms with van der Waals surface area (Å²) in [5, 5.41) is 18.7. The number of benzene rings is 1. The van der Waals surface area contributed by atoms with E-state index in [1.165, 1.54) is 6.26 Å². The molecule has 0 saturated heterocycles. The number of carbonyl (C=O) groups is 1. The first-order valence-corrected chi connectivity index (χ1v) is 5.04. The standard InChI is InChI=1S/C12H12O4/c13-6-5-9(12(14)15)10-7-16-11-4-2-1-3-8(10)11/h1-4,7,9,13H,5-6H2,(H,14,15). The van der Waals surface area contributed by atoms with Crippen LogP contribution in [0.5, 0.6) is 0 Å². The molecule has 0 fully saturated rings. The van der Waals surface area contributed by atoms with Gasteiger partial charge < -0.3 is 14.6 Å². The van der Waals surface area contributed by atoms with E-state index in [9.17, 15) is 4.79 Å². The van der Waals surface area contributed by atoms with E-state index in [-0.39, 0.29) is 13.0 Å². The molecule has 1 aromatic heterocycles. The van der Waals surface area contributed by atoms with Gasteiger partial charge in [0.25, 0.3) is 0 Å². The van der Waals surface area contributed by atoms with Crippen LogP contribution in [0.25, 0.3) is 11.0 Å². The van der Waals surface area contributed by atoms with Crippen LogP contribution < -0.4 is 0 Å². The van der Waals surface area contributed by atoms with Crippen molar-refractivity contribution < 1.29 is 19.4 Å². The zero-order chi connectivity index (χ0) is 11.5. The first kappa shape index (κ1) is 10.7. The topological polar surface area (TPSA) is 70.7 Å². The number of aliphatic carboxylic acids is 1. The Bertz CT molecular complexity index is 500. The molecule has 16 heavy (non-hydrogen) atoms. The molecule has 1 unspecified atom stereocenters. The van der Waals surface area contributed by atoms with Gasteiger partial charge in [0.15, 0.2) is 0 Å². The Balaban J connectivity index is 2.48. The molecule has 1 atom stereocenters. The maximum absolute atomic E-state index is 11.1. The summed E-state index contributed by atoms with van der Waals surface area (Å²) < 4.78 is 5.28. The van der Waals surface area contributed by atoms with Crippen molar-refractivity contribution in [3.05, 3.63) is 36.1 Å². The number of carboxylic acids is 1. The highest BCUT2D eigenvalue weighted by Crippen LogP contribution is 2.29. The van der Waals surface area contributed by atoms with Crippen molar-refractivity contribution in [3.8, 4) is 0 Å². The normalized spacial score (nSPS) is 12.8. The lowest BCUT2D eigenvalue weighted by atomic mass is 9.96. The van der Waals surface area contributed by atoms with E-state index in [4.69, 9.17) is 14.6 Å². The van der Waals surface area contributed by atoms with Crippen LogP contribution in [0.2, 0.25) is 0 Å². The number of furan rings is 1. The van der Waals surface area contributed by atoms with Crippen LogP contribution in [0.15, 0.2) is 34.9 Å². The molecule has 1 heterocycles. The van der Waals surface area contributed by atoms with Crippen molar-refractivity contribution in [2.24, 2.45) is 0 Å². The summed E-state index contributed by atoms with van der Waals surface area (Å²) in [6, 6.07) is 7.27. The van der Waals surface area contributed by atoms with Gasteiger partial charge in [0.05, 0.1) is 12.2 Å². The van der Waals surface area contributed by atoms with E-state index in [1.54, 1.807) is 6.07 Å². The molecule has 0 aliphatic rings. The van der Waals surface area contributed by atoms with Gasteiger partial charge in [-0.05, 0) is 12.5 Å². The predicted molar refractivity (Wildman–Crippen MR) is 58.3 cm³/mol. The second-order valence-corrected chi connectivity index (χ2v) is 3.59. The highest BCUT2D eigenvalue weighted by Gasteiger charge is 2.23. The molecule has 2 rings (SSSR count). The first-order chi connectivity index (χ1) is 7.74. The second-order valence-electron chi connectivity index (χ2n) is 3.59. The van der Waals surface area contributed by atoms with Gasteiger partial charge in [0.1, 0.15) is 5.58 Å². The van der Waals surface area contributed by atoms with Crippen molar-refractivity contribution in [1.29, 1.82) is 0 Å². The van der Waals surface area contributed by atoms with E-state index < -0.39 is 11.9 Å². The van der Waals surface area contributed by atoms with Crippen molar-refractivity contribution in [3.63, 3.8) is 0 Å². The Labute approximate surface area is 92.1 Å². The Morgan fingerprint density at radius 3 is 2.81 bits per heavy atom. The number of carboxylic acid groups (broad SMARTS) is 1. The molecule has 4 heteroatoms. The summed E-state index contributed by atoms with van der Waals surface area (Å²) in [5.41, 5.74) is 1.29. The summed E-state index contributed by atoms with van der Waals surface area (Å²) in [7, 11) is 0. The van der Waals surface area contributed by atoms with E-state index >= 15 is 0 Å². The molecule has 0 saturated carbocycles. The van der Waals surface area contributed by atoms with Gasteiger partial charge in [-0.25, -0.2) is 0 Å². The maximum Gasteiger partial charge on any atom is 0.311 e. The third-order valence-corrected chi connectivity index (χ3v) is 2.60. The number of aliphatic hydroxyl groups excluding tert-OH is 1. The lowest BCUT2D eigenvalue weighted by molar-refractivity contribution is -0.139. The molecular weight excluding hydrogens is 208 g/mol. The fourth-order valence-electron chi connectivity index (χ4n) is 1.81. The molecule has 84 valence electrons. The lowest BCUT2D eigenvalue weighted by Gasteiger charge is -2.08. The van der Waals surface area contributed by atoms with Crippen LogP contribution in [-0.4, -0.2) is 22.8 Å². The molecule has 0 spiro atoms. The minimum Gasteiger partial charge on any atom is -0.481 e. The largest absolute Gasteiger partial charge is 0.481 e. The number of rotatable bonds is 4. The molecule has 2 N–H and O–H groups in total. The third kappa shape index (κ3) is 1.79. The number of hydrogen-bond acceptors (Lipinski definition) is 3. The fraction of sp³-hybridized carbons (Fsp3) is 0.250. The Hall–Kier alpha value is -1.81. The van der Waals surface area contributed by atoms with Crippen molar-refractivity contribution >= 4 is 16.9 Å². The molecule has 0 amide bonds. The molecule has 0 aliphatic heterocycles. The van der Waals surface area contributed by atoms with Crippen LogP contribution in [0.3, 0.4) is 0 Å². The van der Waals surface area contributed by atoms with Gasteiger partial charge in [-0.15, -0.1) is 0 Å². The zero-order valence-electron chi connectivity index (χ0n) is 8.59. The molecule has 1 aromatic carbocycles. The first-order valence-electron chi connectivity index (χ1n) is 5.04. The van der Waals surface area contributed by atoms with Gasteiger partial charge in [0.2, 0.25) is 0 Å². The third-order valence-electron chi connectivity index (χ3n) is 2.60. The Kier molecular flexibility index (Phi) is 2.92. The van der Waals surface area contributed by atoms with E-state index in [2.05, 4.69) is 0 Å². The Morgan fingerprint density at radius 1 is 1.38 bits per heavy atom. The molecule has 0 bridgehead atoms. The smallest absolute Gasteiger partial charge is 0.311 e. The monoisotopic (exact) mass is 220 g/mol. The minimum absolute atomic E-state index is 0.156. The Morgan fingerprint density at radius 2 is 2.12 bits per heavy atom. The number of fused-ring (bicyclic) bond motifs is 1. The number of aliphatic hydroxyl groups is 1. The summed E-state index contributed by atoms with van der Waals surface area (Å²) in [4.78, 5) is 11.1. The van der Waals surface area contributed by atoms with Crippen LogP contribution in [0, 0.1) is 0 Å². The van der Waals surface area contributed by atoms with Crippen molar-refractivity contribution in [2.75, 3.05) is 6.61 Å². The second kappa shape index (κ2) is 4.37. The van der Waals surface area contributed by atoms with Crippen LogP contribution in [0.4, 0.5) is 0 Å². The van der Waals surface area contributed by atoms with Gasteiger partial charge in [-0.2, -0.15) is 0 Å². The van der Waals surface area contributed by atoms with Gasteiger partial charge in [0, 0.05) is 17.6 Å². The predicted octanol–water partition coefficient (Wildman–Crippen LogP) is 1.98. The average Bonchev–Trinajstić information content (AvgIpc) is 2.69.